The van der Waals surface area contributed by atoms with Gasteiger partial charge in [0.25, 0.3) is 0 Å². The second-order valence-electron chi connectivity index (χ2n) is 5.40. The molecule has 0 aliphatic rings. The van der Waals surface area contributed by atoms with Crippen LogP contribution in [0.2, 0.25) is 0 Å². The molecule has 0 spiro atoms. The summed E-state index contributed by atoms with van der Waals surface area (Å²) in [6, 6.07) is 8.02. The van der Waals surface area contributed by atoms with Crippen LogP contribution in [0.5, 0.6) is 0 Å². The van der Waals surface area contributed by atoms with Crippen molar-refractivity contribution >= 4 is 10.0 Å². The number of hydrogen-bond donors (Lipinski definition) is 1. The molecule has 2 aromatic rings. The van der Waals surface area contributed by atoms with Gasteiger partial charge in [0, 0.05) is 6.54 Å². The van der Waals surface area contributed by atoms with Crippen LogP contribution in [0.1, 0.15) is 42.3 Å². The van der Waals surface area contributed by atoms with Gasteiger partial charge in [-0.05, 0) is 37.8 Å². The molecule has 1 N–H and O–H groups in total. The van der Waals surface area contributed by atoms with Crippen molar-refractivity contribution in [3.8, 4) is 0 Å². The van der Waals surface area contributed by atoms with Crippen LogP contribution in [0.4, 0.5) is 0 Å². The molecule has 2 rings (SSSR count). The summed E-state index contributed by atoms with van der Waals surface area (Å²) in [6.07, 6.45) is 3.39. The van der Waals surface area contributed by atoms with Crippen molar-refractivity contribution in [3.05, 3.63) is 46.8 Å². The Labute approximate surface area is 131 Å². The second-order valence-corrected chi connectivity index (χ2v) is 7.10. The van der Waals surface area contributed by atoms with Crippen LogP contribution in [-0.4, -0.2) is 13.6 Å². The quantitative estimate of drug-likeness (QED) is 0.850. The molecule has 1 heterocycles. The van der Waals surface area contributed by atoms with E-state index in [1.165, 1.54) is 12.0 Å². The Morgan fingerprint density at radius 1 is 1.14 bits per heavy atom. The minimum atomic E-state index is -3.61. The third kappa shape index (κ3) is 3.96. The van der Waals surface area contributed by atoms with Gasteiger partial charge in [0.2, 0.25) is 10.0 Å². The lowest BCUT2D eigenvalue weighted by Gasteiger charge is -2.07. The lowest BCUT2D eigenvalue weighted by molar-refractivity contribution is 0.390. The molecule has 0 saturated carbocycles. The number of benzene rings is 1. The van der Waals surface area contributed by atoms with Crippen molar-refractivity contribution in [2.75, 3.05) is 0 Å². The Balaban J connectivity index is 2.03. The molecule has 0 fully saturated rings. The molecule has 120 valence electrons. The zero-order valence-corrected chi connectivity index (χ0v) is 14.0. The largest absolute Gasteiger partial charge is 0.360 e. The van der Waals surface area contributed by atoms with Crippen molar-refractivity contribution in [3.63, 3.8) is 0 Å². The van der Waals surface area contributed by atoms with E-state index in [0.717, 1.165) is 18.4 Å². The summed E-state index contributed by atoms with van der Waals surface area (Å²) in [5.41, 5.74) is 2.58. The Hall–Kier alpha value is -1.66. The number of aromatic nitrogens is 1. The Morgan fingerprint density at radius 2 is 1.77 bits per heavy atom. The van der Waals surface area contributed by atoms with Gasteiger partial charge < -0.3 is 4.52 Å². The molecule has 0 atom stereocenters. The summed E-state index contributed by atoms with van der Waals surface area (Å²) >= 11 is 0. The molecule has 0 amide bonds. The van der Waals surface area contributed by atoms with Crippen LogP contribution in [0, 0.1) is 13.8 Å². The fraction of sp³-hybridized carbons (Fsp3) is 0.438. The molecule has 0 aliphatic carbocycles. The third-order valence-corrected chi connectivity index (χ3v) is 5.19. The fourth-order valence-electron chi connectivity index (χ4n) is 2.31. The number of unbranched alkanes of at least 4 members (excludes halogenated alkanes) is 1. The van der Waals surface area contributed by atoms with Gasteiger partial charge in [0.1, 0.15) is 10.6 Å². The van der Waals surface area contributed by atoms with Gasteiger partial charge in [0.15, 0.2) is 5.76 Å². The first-order valence-corrected chi connectivity index (χ1v) is 8.92. The van der Waals surface area contributed by atoms with Gasteiger partial charge in [-0.15, -0.1) is 0 Å². The topological polar surface area (TPSA) is 72.2 Å². The summed E-state index contributed by atoms with van der Waals surface area (Å²) in [7, 11) is -3.61. The van der Waals surface area contributed by atoms with Gasteiger partial charge >= 0.3 is 0 Å². The fourth-order valence-corrected chi connectivity index (χ4v) is 3.66. The maximum Gasteiger partial charge on any atom is 0.246 e. The molecule has 0 aliphatic heterocycles. The highest BCUT2D eigenvalue weighted by Gasteiger charge is 2.23. The summed E-state index contributed by atoms with van der Waals surface area (Å²) in [4.78, 5) is 0.132. The first-order chi connectivity index (χ1) is 10.4. The van der Waals surface area contributed by atoms with Gasteiger partial charge in [-0.3, -0.25) is 0 Å². The summed E-state index contributed by atoms with van der Waals surface area (Å²) in [5, 5.41) is 3.68. The molecule has 1 aromatic carbocycles. The zero-order chi connectivity index (χ0) is 16.2. The first kappa shape index (κ1) is 16.7. The van der Waals surface area contributed by atoms with E-state index in [1.807, 2.05) is 12.1 Å². The van der Waals surface area contributed by atoms with Crippen LogP contribution >= 0.6 is 0 Å². The third-order valence-electron chi connectivity index (χ3n) is 3.54. The highest BCUT2D eigenvalue weighted by atomic mass is 32.2. The minimum Gasteiger partial charge on any atom is -0.360 e. The SMILES string of the molecule is CCCCc1ccc(CNS(=O)(=O)c2c(C)noc2C)cc1. The molecule has 0 unspecified atom stereocenters. The van der Waals surface area contributed by atoms with Crippen LogP contribution < -0.4 is 4.72 Å². The lowest BCUT2D eigenvalue weighted by atomic mass is 10.1. The number of sulfonamides is 1. The Bertz CT molecular complexity index is 699. The molecule has 0 radical (unpaired) electrons. The molecule has 0 saturated heterocycles. The predicted octanol–water partition coefficient (Wildman–Crippen LogP) is 3.11. The standard InChI is InChI=1S/C16H22N2O3S/c1-4-5-6-14-7-9-15(10-8-14)11-17-22(19,20)16-12(2)18-21-13(16)3/h7-10,17H,4-6,11H2,1-3H3. The molecule has 5 nitrogen and oxygen atoms in total. The van der Waals surface area contributed by atoms with Gasteiger partial charge in [-0.25, -0.2) is 13.1 Å². The Morgan fingerprint density at radius 3 is 2.32 bits per heavy atom. The van der Waals surface area contributed by atoms with Gasteiger partial charge in [-0.1, -0.05) is 42.8 Å². The van der Waals surface area contributed by atoms with E-state index >= 15 is 0 Å². The average Bonchev–Trinajstić information content (AvgIpc) is 2.84. The molecular weight excluding hydrogens is 300 g/mol. The van der Waals surface area contributed by atoms with Crippen molar-refractivity contribution in [1.29, 1.82) is 0 Å². The van der Waals surface area contributed by atoms with E-state index in [9.17, 15) is 8.42 Å². The maximum atomic E-state index is 12.3. The van der Waals surface area contributed by atoms with E-state index in [0.29, 0.717) is 11.5 Å². The van der Waals surface area contributed by atoms with E-state index in [4.69, 9.17) is 4.52 Å². The zero-order valence-electron chi connectivity index (χ0n) is 13.2. The monoisotopic (exact) mass is 322 g/mol. The maximum absolute atomic E-state index is 12.3. The van der Waals surface area contributed by atoms with Crippen molar-refractivity contribution in [1.82, 2.24) is 9.88 Å². The Kier molecular flexibility index (Phi) is 5.37. The van der Waals surface area contributed by atoms with Crippen LogP contribution in [0.3, 0.4) is 0 Å². The number of rotatable bonds is 7. The summed E-state index contributed by atoms with van der Waals surface area (Å²) in [6.45, 7) is 5.63. The minimum absolute atomic E-state index is 0.132. The van der Waals surface area contributed by atoms with Crippen molar-refractivity contribution < 1.29 is 12.9 Å². The number of hydrogen-bond acceptors (Lipinski definition) is 4. The van der Waals surface area contributed by atoms with Gasteiger partial charge in [-0.2, -0.15) is 0 Å². The predicted molar refractivity (Wildman–Crippen MR) is 85.1 cm³/mol. The smallest absolute Gasteiger partial charge is 0.246 e. The van der Waals surface area contributed by atoms with Crippen LogP contribution in [-0.2, 0) is 23.0 Å². The lowest BCUT2D eigenvalue weighted by Crippen LogP contribution is -2.24. The number of aryl methyl sites for hydroxylation is 3. The van der Waals surface area contributed by atoms with E-state index in [1.54, 1.807) is 13.8 Å². The van der Waals surface area contributed by atoms with Crippen molar-refractivity contribution in [2.24, 2.45) is 0 Å². The molecule has 22 heavy (non-hydrogen) atoms. The number of nitrogens with zero attached hydrogens (tertiary/aromatic N) is 1. The van der Waals surface area contributed by atoms with Gasteiger partial charge in [0.05, 0.1) is 0 Å². The average molecular weight is 322 g/mol. The molecule has 0 bridgehead atoms. The molecule has 1 aromatic heterocycles. The highest BCUT2D eigenvalue weighted by Crippen LogP contribution is 2.19. The molecule has 6 heteroatoms. The molecular formula is C16H22N2O3S. The highest BCUT2D eigenvalue weighted by molar-refractivity contribution is 7.89. The van der Waals surface area contributed by atoms with E-state index in [2.05, 4.69) is 28.9 Å². The van der Waals surface area contributed by atoms with Crippen LogP contribution in [0.15, 0.2) is 33.7 Å². The summed E-state index contributed by atoms with van der Waals surface area (Å²) in [5.74, 6) is 0.305. The van der Waals surface area contributed by atoms with E-state index < -0.39 is 10.0 Å². The number of nitrogens with one attached hydrogen (secondary N) is 1. The van der Waals surface area contributed by atoms with E-state index in [-0.39, 0.29) is 11.4 Å². The van der Waals surface area contributed by atoms with Crippen LogP contribution in [0.25, 0.3) is 0 Å². The second kappa shape index (κ2) is 7.07. The summed E-state index contributed by atoms with van der Waals surface area (Å²) < 4.78 is 32.1. The first-order valence-electron chi connectivity index (χ1n) is 7.44. The van der Waals surface area contributed by atoms with Crippen molar-refractivity contribution in [2.45, 2.75) is 51.5 Å². The normalized spacial score (nSPS) is 11.8.